The molecule has 0 radical (unpaired) electrons. The molecule has 3 nitrogen and oxygen atoms in total. The molecule has 1 aromatic rings. The van der Waals surface area contributed by atoms with E-state index in [-0.39, 0.29) is 0 Å². The molecule has 1 N–H and O–H groups in total. The summed E-state index contributed by atoms with van der Waals surface area (Å²) in [7, 11) is 1.97. The minimum atomic E-state index is 0.735. The zero-order valence-corrected chi connectivity index (χ0v) is 10.2. The van der Waals surface area contributed by atoms with Gasteiger partial charge in [0.1, 0.15) is 0 Å². The fourth-order valence-electron chi connectivity index (χ4n) is 1.62. The molecule has 0 bridgehead atoms. The Hall–Kier alpha value is -0.830. The van der Waals surface area contributed by atoms with Gasteiger partial charge in [-0.25, -0.2) is 0 Å². The van der Waals surface area contributed by atoms with Crippen molar-refractivity contribution in [1.29, 1.82) is 0 Å². The number of aromatic nitrogens is 2. The summed E-state index contributed by atoms with van der Waals surface area (Å²) in [6.45, 7) is 6.76. The van der Waals surface area contributed by atoms with E-state index >= 15 is 0 Å². The van der Waals surface area contributed by atoms with Crippen molar-refractivity contribution >= 4 is 0 Å². The number of aryl methyl sites for hydroxylation is 2. The smallest absolute Gasteiger partial charge is 0.0624 e. The minimum absolute atomic E-state index is 0.735. The predicted molar refractivity (Wildman–Crippen MR) is 63.9 cm³/mol. The molecule has 86 valence electrons. The van der Waals surface area contributed by atoms with Crippen LogP contribution >= 0.6 is 0 Å². The van der Waals surface area contributed by atoms with Crippen molar-refractivity contribution in [2.75, 3.05) is 13.1 Å². The van der Waals surface area contributed by atoms with Gasteiger partial charge >= 0.3 is 0 Å². The quantitative estimate of drug-likeness (QED) is 0.696. The van der Waals surface area contributed by atoms with Crippen molar-refractivity contribution < 1.29 is 0 Å². The van der Waals surface area contributed by atoms with E-state index in [4.69, 9.17) is 0 Å². The van der Waals surface area contributed by atoms with Crippen molar-refractivity contribution in [1.82, 2.24) is 15.1 Å². The number of nitrogens with one attached hydrogen (secondary N) is 1. The van der Waals surface area contributed by atoms with Crippen LogP contribution < -0.4 is 5.32 Å². The van der Waals surface area contributed by atoms with Gasteiger partial charge in [0.05, 0.1) is 5.69 Å². The second-order valence-electron chi connectivity index (χ2n) is 4.33. The van der Waals surface area contributed by atoms with Crippen LogP contribution in [0.3, 0.4) is 0 Å². The molecule has 0 aliphatic carbocycles. The number of hydrogen-bond donors (Lipinski definition) is 1. The largest absolute Gasteiger partial charge is 0.316 e. The van der Waals surface area contributed by atoms with Crippen molar-refractivity contribution in [3.05, 3.63) is 18.0 Å². The normalized spacial score (nSPS) is 13.0. The Morgan fingerprint density at radius 2 is 2.33 bits per heavy atom. The summed E-state index contributed by atoms with van der Waals surface area (Å²) < 4.78 is 1.87. The minimum Gasteiger partial charge on any atom is -0.316 e. The maximum atomic E-state index is 4.38. The van der Waals surface area contributed by atoms with E-state index in [1.165, 1.54) is 18.5 Å². The number of hydrogen-bond acceptors (Lipinski definition) is 2. The van der Waals surface area contributed by atoms with E-state index in [1.807, 2.05) is 17.9 Å². The first-order valence-corrected chi connectivity index (χ1v) is 5.91. The predicted octanol–water partition coefficient (Wildman–Crippen LogP) is 1.99. The van der Waals surface area contributed by atoms with Gasteiger partial charge in [0, 0.05) is 13.2 Å². The average molecular weight is 209 g/mol. The molecule has 0 aliphatic rings. The van der Waals surface area contributed by atoms with Gasteiger partial charge in [-0.05, 0) is 44.3 Å². The van der Waals surface area contributed by atoms with Crippen LogP contribution in [0.25, 0.3) is 0 Å². The molecule has 15 heavy (non-hydrogen) atoms. The van der Waals surface area contributed by atoms with Crippen LogP contribution in [0.4, 0.5) is 0 Å². The van der Waals surface area contributed by atoms with Crippen LogP contribution in [0.2, 0.25) is 0 Å². The molecule has 0 fully saturated rings. The third-order valence-corrected chi connectivity index (χ3v) is 2.58. The van der Waals surface area contributed by atoms with Crippen LogP contribution in [0, 0.1) is 5.92 Å². The van der Waals surface area contributed by atoms with Gasteiger partial charge in [-0.15, -0.1) is 0 Å². The number of nitrogens with zero attached hydrogens (tertiary/aromatic N) is 2. The third kappa shape index (κ3) is 4.98. The van der Waals surface area contributed by atoms with E-state index < -0.39 is 0 Å². The van der Waals surface area contributed by atoms with Crippen molar-refractivity contribution in [3.8, 4) is 0 Å². The van der Waals surface area contributed by atoms with Gasteiger partial charge in [0.2, 0.25) is 0 Å². The average Bonchev–Trinajstić information content (AvgIpc) is 2.62. The summed E-state index contributed by atoms with van der Waals surface area (Å²) in [4.78, 5) is 0. The second-order valence-corrected chi connectivity index (χ2v) is 4.33. The molecule has 1 unspecified atom stereocenters. The van der Waals surface area contributed by atoms with Gasteiger partial charge in [-0.2, -0.15) is 5.10 Å². The summed E-state index contributed by atoms with van der Waals surface area (Å²) in [5.74, 6) is 0.735. The molecule has 1 atom stereocenters. The molecule has 0 spiro atoms. The van der Waals surface area contributed by atoms with Gasteiger partial charge in [-0.1, -0.05) is 13.8 Å². The lowest BCUT2D eigenvalue weighted by molar-refractivity contribution is 0.478. The SMILES string of the molecule is CCCNCC(C)CCc1ccn(C)n1. The summed E-state index contributed by atoms with van der Waals surface area (Å²) in [5, 5.41) is 7.83. The van der Waals surface area contributed by atoms with Crippen molar-refractivity contribution in [2.24, 2.45) is 13.0 Å². The Morgan fingerprint density at radius 1 is 1.53 bits per heavy atom. The lowest BCUT2D eigenvalue weighted by atomic mass is 10.0. The molecule has 1 rings (SSSR count). The summed E-state index contributed by atoms with van der Waals surface area (Å²) in [6, 6.07) is 2.10. The van der Waals surface area contributed by atoms with E-state index in [1.54, 1.807) is 0 Å². The summed E-state index contributed by atoms with van der Waals surface area (Å²) in [6.07, 6.45) is 5.53. The first kappa shape index (κ1) is 12.2. The Bertz CT molecular complexity index is 268. The molecule has 0 aromatic carbocycles. The Labute approximate surface area is 92.9 Å². The topological polar surface area (TPSA) is 29.9 Å². The molecular weight excluding hydrogens is 186 g/mol. The second kappa shape index (κ2) is 6.62. The molecule has 3 heteroatoms. The summed E-state index contributed by atoms with van der Waals surface area (Å²) >= 11 is 0. The highest BCUT2D eigenvalue weighted by Crippen LogP contribution is 2.06. The van der Waals surface area contributed by atoms with Crippen LogP contribution in [0.5, 0.6) is 0 Å². The first-order valence-electron chi connectivity index (χ1n) is 5.91. The molecule has 0 saturated heterocycles. The van der Waals surface area contributed by atoms with E-state index in [0.29, 0.717) is 0 Å². The zero-order chi connectivity index (χ0) is 11.1. The highest BCUT2D eigenvalue weighted by Gasteiger charge is 2.03. The van der Waals surface area contributed by atoms with Gasteiger partial charge in [-0.3, -0.25) is 4.68 Å². The highest BCUT2D eigenvalue weighted by molar-refractivity contribution is 4.98. The van der Waals surface area contributed by atoms with E-state index in [0.717, 1.165) is 25.4 Å². The molecule has 1 heterocycles. The molecular formula is C12H23N3. The Kier molecular flexibility index (Phi) is 5.40. The van der Waals surface area contributed by atoms with Crippen LogP contribution in [-0.4, -0.2) is 22.9 Å². The molecule has 0 saturated carbocycles. The maximum Gasteiger partial charge on any atom is 0.0624 e. The van der Waals surface area contributed by atoms with Gasteiger partial charge < -0.3 is 5.32 Å². The lowest BCUT2D eigenvalue weighted by Gasteiger charge is -2.10. The fourth-order valence-corrected chi connectivity index (χ4v) is 1.62. The number of rotatable bonds is 7. The lowest BCUT2D eigenvalue weighted by Crippen LogP contribution is -2.22. The zero-order valence-electron chi connectivity index (χ0n) is 10.2. The molecule has 0 amide bonds. The van der Waals surface area contributed by atoms with Crippen LogP contribution in [-0.2, 0) is 13.5 Å². The van der Waals surface area contributed by atoms with E-state index in [9.17, 15) is 0 Å². The Morgan fingerprint density at radius 3 is 2.93 bits per heavy atom. The van der Waals surface area contributed by atoms with Crippen molar-refractivity contribution in [2.45, 2.75) is 33.1 Å². The highest BCUT2D eigenvalue weighted by atomic mass is 15.2. The van der Waals surface area contributed by atoms with Gasteiger partial charge in [0.25, 0.3) is 0 Å². The van der Waals surface area contributed by atoms with Crippen LogP contribution in [0.15, 0.2) is 12.3 Å². The standard InChI is InChI=1S/C12H23N3/c1-4-8-13-10-11(2)5-6-12-7-9-15(3)14-12/h7,9,11,13H,4-6,8,10H2,1-3H3. The first-order chi connectivity index (χ1) is 7.22. The van der Waals surface area contributed by atoms with Crippen molar-refractivity contribution in [3.63, 3.8) is 0 Å². The summed E-state index contributed by atoms with van der Waals surface area (Å²) in [5.41, 5.74) is 1.21. The van der Waals surface area contributed by atoms with Crippen LogP contribution in [0.1, 0.15) is 32.4 Å². The third-order valence-electron chi connectivity index (χ3n) is 2.58. The van der Waals surface area contributed by atoms with Gasteiger partial charge in [0.15, 0.2) is 0 Å². The maximum absolute atomic E-state index is 4.38. The Balaban J connectivity index is 2.13. The fraction of sp³-hybridized carbons (Fsp3) is 0.750. The monoisotopic (exact) mass is 209 g/mol. The molecule has 1 aromatic heterocycles. The molecule has 0 aliphatic heterocycles. The van der Waals surface area contributed by atoms with E-state index in [2.05, 4.69) is 30.3 Å².